The number of nitrogens with one attached hydrogen (secondary N) is 2. The number of hydrogen-bond acceptors (Lipinski definition) is 5. The normalized spacial score (nSPS) is 18.5. The van der Waals surface area contributed by atoms with Crippen molar-refractivity contribution in [3.05, 3.63) is 101 Å². The second-order valence-corrected chi connectivity index (χ2v) is 10.5. The number of H-pyrrole nitrogens is 1. The highest BCUT2D eigenvalue weighted by atomic mass is 16.4. The van der Waals surface area contributed by atoms with Crippen LogP contribution in [0, 0.1) is 6.92 Å². The van der Waals surface area contributed by atoms with Crippen LogP contribution >= 0.6 is 0 Å². The van der Waals surface area contributed by atoms with E-state index in [-0.39, 0.29) is 17.7 Å². The second-order valence-electron chi connectivity index (χ2n) is 10.5. The third-order valence-corrected chi connectivity index (χ3v) is 7.84. The lowest BCUT2D eigenvalue weighted by atomic mass is 9.88. The molecule has 0 spiro atoms. The zero-order chi connectivity index (χ0) is 29.7. The molecular weight excluding hydrogens is 538 g/mol. The lowest BCUT2D eigenvalue weighted by Crippen LogP contribution is -2.44. The van der Waals surface area contributed by atoms with E-state index in [1.807, 2.05) is 55.5 Å². The van der Waals surface area contributed by atoms with Gasteiger partial charge in [-0.3, -0.25) is 19.3 Å². The number of hydrogen-bond donors (Lipinski definition) is 4. The largest absolute Gasteiger partial charge is 0.480 e. The van der Waals surface area contributed by atoms with Crippen molar-refractivity contribution in [2.24, 2.45) is 5.73 Å². The van der Waals surface area contributed by atoms with Gasteiger partial charge in [0.1, 0.15) is 18.1 Å². The van der Waals surface area contributed by atoms with Gasteiger partial charge in [-0.25, -0.2) is 14.5 Å². The lowest BCUT2D eigenvalue weighted by Gasteiger charge is -2.36. The standard InChI is InChI=1S/C31H27N5O6/c1-16-10-12-17(13-11-16)27-26-20(18-6-2-4-8-21(18)33-26)14-24-29(39)36(31(42)35(24)27)23-9-5-3-7-19(23)28(38)34-22(30(40)41)15-25(32)37/h2-13,22,24,27,33H,14-15H2,1H3,(H2,32,37)(H,34,38)(H,40,41)/t22-,24-,27?/m0/s1. The Hall–Kier alpha value is -5.45. The molecule has 11 heteroatoms. The number of carboxylic acid groups (broad SMARTS) is 1. The molecule has 3 atom stereocenters. The molecule has 1 saturated heterocycles. The minimum absolute atomic E-state index is 0.0128. The summed E-state index contributed by atoms with van der Waals surface area (Å²) >= 11 is 0. The summed E-state index contributed by atoms with van der Waals surface area (Å²) in [6.45, 7) is 1.97. The highest BCUT2D eigenvalue weighted by molar-refractivity contribution is 6.24. The molecule has 2 aliphatic heterocycles. The number of anilines is 1. The number of imide groups is 1. The molecule has 6 rings (SSSR count). The number of fused-ring (bicyclic) bond motifs is 4. The first-order valence-electron chi connectivity index (χ1n) is 13.4. The van der Waals surface area contributed by atoms with Crippen LogP contribution in [0.25, 0.3) is 10.9 Å². The predicted molar refractivity (Wildman–Crippen MR) is 153 cm³/mol. The summed E-state index contributed by atoms with van der Waals surface area (Å²) in [5.41, 5.74) is 9.61. The SMILES string of the molecule is Cc1ccc(C2c3[nH]c4ccccc4c3C[C@H]3C(=O)N(c4ccccc4C(=O)N[C@@H](CC(N)=O)C(=O)O)C(=O)N23)cc1. The molecule has 0 bridgehead atoms. The van der Waals surface area contributed by atoms with Crippen molar-refractivity contribution in [3.8, 4) is 0 Å². The number of para-hydroxylation sites is 2. The predicted octanol–water partition coefficient (Wildman–Crippen LogP) is 3.02. The molecule has 42 heavy (non-hydrogen) atoms. The van der Waals surface area contributed by atoms with Crippen molar-refractivity contribution >= 4 is 46.3 Å². The van der Waals surface area contributed by atoms with Crippen LogP contribution in [-0.2, 0) is 20.8 Å². The van der Waals surface area contributed by atoms with Crippen molar-refractivity contribution in [2.75, 3.05) is 4.90 Å². The van der Waals surface area contributed by atoms with Gasteiger partial charge in [0, 0.05) is 23.0 Å². The molecule has 4 aromatic rings. The monoisotopic (exact) mass is 565 g/mol. The molecular formula is C31H27N5O6. The summed E-state index contributed by atoms with van der Waals surface area (Å²) < 4.78 is 0. The van der Waals surface area contributed by atoms with Crippen LogP contribution in [0.3, 0.4) is 0 Å². The quantitative estimate of drug-likeness (QED) is 0.252. The summed E-state index contributed by atoms with van der Waals surface area (Å²) in [4.78, 5) is 70.5. The van der Waals surface area contributed by atoms with E-state index in [4.69, 9.17) is 5.73 Å². The van der Waals surface area contributed by atoms with E-state index in [2.05, 4.69) is 10.3 Å². The first-order valence-corrected chi connectivity index (χ1v) is 13.4. The molecule has 2 aliphatic rings. The zero-order valence-corrected chi connectivity index (χ0v) is 22.5. The number of aryl methyl sites for hydroxylation is 1. The topological polar surface area (TPSA) is 166 Å². The van der Waals surface area contributed by atoms with E-state index in [0.29, 0.717) is 0 Å². The zero-order valence-electron chi connectivity index (χ0n) is 22.5. The van der Waals surface area contributed by atoms with Crippen molar-refractivity contribution in [2.45, 2.75) is 37.9 Å². The van der Waals surface area contributed by atoms with Gasteiger partial charge in [-0.05, 0) is 36.2 Å². The number of aromatic nitrogens is 1. The summed E-state index contributed by atoms with van der Waals surface area (Å²) in [6.07, 6.45) is -0.346. The molecule has 3 aromatic carbocycles. The smallest absolute Gasteiger partial charge is 0.332 e. The van der Waals surface area contributed by atoms with E-state index < -0.39 is 54.3 Å². The Morgan fingerprint density at radius 1 is 1.02 bits per heavy atom. The number of amides is 5. The molecule has 3 heterocycles. The highest BCUT2D eigenvalue weighted by Gasteiger charge is 2.53. The van der Waals surface area contributed by atoms with Gasteiger partial charge in [-0.1, -0.05) is 60.2 Å². The fraction of sp³-hybridized carbons (Fsp3) is 0.194. The number of urea groups is 1. The molecule has 0 aliphatic carbocycles. The van der Waals surface area contributed by atoms with E-state index in [9.17, 15) is 29.1 Å². The Labute approximate surface area is 239 Å². The molecule has 1 fully saturated rings. The third kappa shape index (κ3) is 4.35. The Morgan fingerprint density at radius 2 is 1.71 bits per heavy atom. The van der Waals surface area contributed by atoms with Crippen LogP contribution in [0.1, 0.15) is 45.2 Å². The van der Waals surface area contributed by atoms with Crippen LogP contribution in [0.2, 0.25) is 0 Å². The average Bonchev–Trinajstić information content (AvgIpc) is 3.46. The molecule has 0 radical (unpaired) electrons. The van der Waals surface area contributed by atoms with Crippen molar-refractivity contribution in [3.63, 3.8) is 0 Å². The van der Waals surface area contributed by atoms with Gasteiger partial charge in [0.25, 0.3) is 11.8 Å². The van der Waals surface area contributed by atoms with E-state index in [0.717, 1.165) is 38.2 Å². The van der Waals surface area contributed by atoms with E-state index in [1.165, 1.54) is 18.2 Å². The molecule has 5 amide bonds. The molecule has 212 valence electrons. The van der Waals surface area contributed by atoms with Crippen LogP contribution < -0.4 is 16.0 Å². The minimum atomic E-state index is -1.58. The van der Waals surface area contributed by atoms with Gasteiger partial charge in [0.05, 0.1) is 17.7 Å². The van der Waals surface area contributed by atoms with Gasteiger partial charge >= 0.3 is 12.0 Å². The van der Waals surface area contributed by atoms with Gasteiger partial charge in [0.15, 0.2) is 0 Å². The van der Waals surface area contributed by atoms with Crippen LogP contribution in [0.4, 0.5) is 10.5 Å². The highest BCUT2D eigenvalue weighted by Crippen LogP contribution is 2.45. The van der Waals surface area contributed by atoms with Gasteiger partial charge in [0.2, 0.25) is 5.91 Å². The molecule has 0 saturated carbocycles. The number of rotatable bonds is 7. The second kappa shape index (κ2) is 10.2. The van der Waals surface area contributed by atoms with E-state index in [1.54, 1.807) is 11.0 Å². The Morgan fingerprint density at radius 3 is 2.43 bits per heavy atom. The number of benzene rings is 3. The molecule has 11 nitrogen and oxygen atoms in total. The number of carbonyl (C=O) groups is 5. The number of carbonyl (C=O) groups excluding carboxylic acids is 4. The number of nitrogens with zero attached hydrogens (tertiary/aromatic N) is 2. The van der Waals surface area contributed by atoms with Crippen LogP contribution in [-0.4, -0.2) is 56.8 Å². The van der Waals surface area contributed by atoms with Crippen LogP contribution in [0.15, 0.2) is 72.8 Å². The number of aliphatic carboxylic acids is 1. The first kappa shape index (κ1) is 26.8. The summed E-state index contributed by atoms with van der Waals surface area (Å²) in [5, 5.41) is 12.7. The Balaban J connectivity index is 1.42. The van der Waals surface area contributed by atoms with E-state index >= 15 is 0 Å². The lowest BCUT2D eigenvalue weighted by molar-refractivity contribution is -0.141. The van der Waals surface area contributed by atoms with Crippen molar-refractivity contribution in [1.82, 2.24) is 15.2 Å². The maximum Gasteiger partial charge on any atom is 0.332 e. The number of carboxylic acids is 1. The maximum atomic E-state index is 14.2. The van der Waals surface area contributed by atoms with Gasteiger partial charge < -0.3 is 21.1 Å². The molecule has 1 unspecified atom stereocenters. The fourth-order valence-corrected chi connectivity index (χ4v) is 5.89. The number of aromatic amines is 1. The fourth-order valence-electron chi connectivity index (χ4n) is 5.89. The first-order chi connectivity index (χ1) is 20.2. The van der Waals surface area contributed by atoms with Crippen molar-refractivity contribution in [1.29, 1.82) is 0 Å². The Bertz CT molecular complexity index is 1780. The summed E-state index contributed by atoms with van der Waals surface area (Å²) in [5.74, 6) is -3.72. The van der Waals surface area contributed by atoms with Crippen molar-refractivity contribution < 1.29 is 29.1 Å². The van der Waals surface area contributed by atoms with Gasteiger partial charge in [-0.15, -0.1) is 0 Å². The van der Waals surface area contributed by atoms with Gasteiger partial charge in [-0.2, -0.15) is 0 Å². The minimum Gasteiger partial charge on any atom is -0.480 e. The average molecular weight is 566 g/mol. The summed E-state index contributed by atoms with van der Waals surface area (Å²) in [6, 6.07) is 17.9. The molecule has 1 aromatic heterocycles. The number of nitrogens with two attached hydrogens (primary N) is 1. The number of primary amides is 1. The van der Waals surface area contributed by atoms with Crippen LogP contribution in [0.5, 0.6) is 0 Å². The Kier molecular flexibility index (Phi) is 6.49. The summed E-state index contributed by atoms with van der Waals surface area (Å²) in [7, 11) is 0. The third-order valence-electron chi connectivity index (χ3n) is 7.84. The maximum absolute atomic E-state index is 14.2. The molecule has 5 N–H and O–H groups in total.